The maximum atomic E-state index is 12.4. The van der Waals surface area contributed by atoms with E-state index in [1.165, 1.54) is 5.56 Å². The molecule has 0 aromatic heterocycles. The Balaban J connectivity index is 1.42. The summed E-state index contributed by atoms with van der Waals surface area (Å²) < 4.78 is 11.3. The largest absolute Gasteiger partial charge is 0.489 e. The van der Waals surface area contributed by atoms with Gasteiger partial charge in [-0.15, -0.1) is 0 Å². The molecule has 0 spiro atoms. The van der Waals surface area contributed by atoms with Gasteiger partial charge in [0.1, 0.15) is 19.0 Å². The number of carbonyl (C=O) groups is 1. The summed E-state index contributed by atoms with van der Waals surface area (Å²) in [5.74, 6) is 0.480. The summed E-state index contributed by atoms with van der Waals surface area (Å²) in [7, 11) is 0. The van der Waals surface area contributed by atoms with Gasteiger partial charge in [-0.05, 0) is 53.1 Å². The van der Waals surface area contributed by atoms with Crippen LogP contribution in [0.5, 0.6) is 5.75 Å². The van der Waals surface area contributed by atoms with Crippen LogP contribution >= 0.6 is 0 Å². The third-order valence-corrected chi connectivity index (χ3v) is 4.79. The predicted octanol–water partition coefficient (Wildman–Crippen LogP) is 6.08. The van der Waals surface area contributed by atoms with Crippen molar-refractivity contribution >= 4 is 16.7 Å². The third kappa shape index (κ3) is 4.82. The molecule has 144 valence electrons. The van der Waals surface area contributed by atoms with Crippen molar-refractivity contribution in [2.45, 2.75) is 20.1 Å². The van der Waals surface area contributed by atoms with Gasteiger partial charge in [0.25, 0.3) is 0 Å². The Morgan fingerprint density at radius 3 is 2.21 bits per heavy atom. The van der Waals surface area contributed by atoms with Gasteiger partial charge >= 0.3 is 5.97 Å². The summed E-state index contributed by atoms with van der Waals surface area (Å²) in [6.45, 7) is 2.86. The van der Waals surface area contributed by atoms with Crippen LogP contribution in [0.4, 0.5) is 0 Å². The van der Waals surface area contributed by atoms with Crippen molar-refractivity contribution in [3.63, 3.8) is 0 Å². The molecule has 4 aromatic carbocycles. The average molecular weight is 382 g/mol. The molecule has 0 saturated carbocycles. The van der Waals surface area contributed by atoms with Crippen LogP contribution < -0.4 is 4.74 Å². The van der Waals surface area contributed by atoms with E-state index in [1.807, 2.05) is 60.7 Å². The van der Waals surface area contributed by atoms with Crippen molar-refractivity contribution in [2.75, 3.05) is 0 Å². The number of ether oxygens (including phenoxy) is 2. The van der Waals surface area contributed by atoms with Crippen molar-refractivity contribution in [3.8, 4) is 5.75 Å². The molecule has 4 rings (SSSR count). The normalized spacial score (nSPS) is 10.7. The fourth-order valence-electron chi connectivity index (χ4n) is 3.10. The van der Waals surface area contributed by atoms with Gasteiger partial charge in [0, 0.05) is 0 Å². The van der Waals surface area contributed by atoms with Crippen molar-refractivity contribution in [3.05, 3.63) is 113 Å². The molecule has 0 heterocycles. The second-order valence-corrected chi connectivity index (χ2v) is 7.06. The lowest BCUT2D eigenvalue weighted by molar-refractivity contribution is 0.0473. The molecule has 0 unspecified atom stereocenters. The van der Waals surface area contributed by atoms with E-state index < -0.39 is 0 Å². The highest BCUT2D eigenvalue weighted by Gasteiger charge is 2.09. The summed E-state index contributed by atoms with van der Waals surface area (Å²) in [6, 6.07) is 29.4. The molecule has 29 heavy (non-hydrogen) atoms. The molecule has 0 N–H and O–H groups in total. The summed E-state index contributed by atoms with van der Waals surface area (Å²) in [5.41, 5.74) is 3.88. The zero-order valence-electron chi connectivity index (χ0n) is 16.3. The van der Waals surface area contributed by atoms with Crippen LogP contribution in [0.15, 0.2) is 91.0 Å². The van der Waals surface area contributed by atoms with Crippen molar-refractivity contribution < 1.29 is 14.3 Å². The van der Waals surface area contributed by atoms with E-state index in [4.69, 9.17) is 9.47 Å². The Kier molecular flexibility index (Phi) is 5.57. The SMILES string of the molecule is Cc1ccc(COc2ccc3cc(C(=O)OCc4ccccc4)ccc3c2)cc1. The van der Waals surface area contributed by atoms with E-state index in [9.17, 15) is 4.79 Å². The first-order valence-corrected chi connectivity index (χ1v) is 9.60. The van der Waals surface area contributed by atoms with Crippen LogP contribution in [0, 0.1) is 6.92 Å². The second kappa shape index (κ2) is 8.61. The van der Waals surface area contributed by atoms with Crippen LogP contribution in [-0.2, 0) is 18.0 Å². The first kappa shape index (κ1) is 18.8. The van der Waals surface area contributed by atoms with Crippen LogP contribution in [0.25, 0.3) is 10.8 Å². The Labute approximate surface area is 170 Å². The van der Waals surface area contributed by atoms with Crippen molar-refractivity contribution in [1.29, 1.82) is 0 Å². The predicted molar refractivity (Wildman–Crippen MR) is 115 cm³/mol. The fourth-order valence-corrected chi connectivity index (χ4v) is 3.10. The molecule has 0 aliphatic carbocycles. The van der Waals surface area contributed by atoms with E-state index in [1.54, 1.807) is 6.07 Å². The number of hydrogen-bond acceptors (Lipinski definition) is 3. The van der Waals surface area contributed by atoms with Crippen LogP contribution in [0.2, 0.25) is 0 Å². The quantitative estimate of drug-likeness (QED) is 0.379. The summed E-state index contributed by atoms with van der Waals surface area (Å²) in [6.07, 6.45) is 0. The van der Waals surface area contributed by atoms with E-state index in [2.05, 4.69) is 31.2 Å². The minimum atomic E-state index is -0.324. The summed E-state index contributed by atoms with van der Waals surface area (Å²) in [4.78, 5) is 12.4. The monoisotopic (exact) mass is 382 g/mol. The molecule has 0 aliphatic heterocycles. The highest BCUT2D eigenvalue weighted by atomic mass is 16.5. The molecule has 0 radical (unpaired) electrons. The molecular formula is C26H22O3. The number of aryl methyl sites for hydroxylation is 1. The molecule has 0 aliphatic rings. The van der Waals surface area contributed by atoms with E-state index in [0.29, 0.717) is 12.2 Å². The van der Waals surface area contributed by atoms with Crippen molar-refractivity contribution in [1.82, 2.24) is 0 Å². The van der Waals surface area contributed by atoms with Gasteiger partial charge in [-0.1, -0.05) is 72.3 Å². The van der Waals surface area contributed by atoms with Gasteiger partial charge in [0.2, 0.25) is 0 Å². The third-order valence-electron chi connectivity index (χ3n) is 4.79. The molecular weight excluding hydrogens is 360 g/mol. The highest BCUT2D eigenvalue weighted by Crippen LogP contribution is 2.23. The van der Waals surface area contributed by atoms with Gasteiger partial charge in [-0.3, -0.25) is 0 Å². The molecule has 0 atom stereocenters. The number of rotatable bonds is 6. The Bertz CT molecular complexity index is 1120. The number of fused-ring (bicyclic) bond motifs is 1. The van der Waals surface area contributed by atoms with Gasteiger partial charge in [0.15, 0.2) is 0 Å². The number of carbonyl (C=O) groups excluding carboxylic acids is 1. The van der Waals surface area contributed by atoms with Crippen LogP contribution in [0.3, 0.4) is 0 Å². The molecule has 3 nitrogen and oxygen atoms in total. The minimum absolute atomic E-state index is 0.267. The topological polar surface area (TPSA) is 35.5 Å². The standard InChI is InChI=1S/C26H22O3/c1-19-7-9-21(10-8-19)17-28-25-14-13-22-15-24(12-11-23(22)16-25)26(27)29-18-20-5-3-2-4-6-20/h2-16H,17-18H2,1H3. The first-order valence-electron chi connectivity index (χ1n) is 9.60. The van der Waals surface area contributed by atoms with Gasteiger partial charge < -0.3 is 9.47 Å². The van der Waals surface area contributed by atoms with E-state index >= 15 is 0 Å². The van der Waals surface area contributed by atoms with Gasteiger partial charge in [-0.25, -0.2) is 4.79 Å². The van der Waals surface area contributed by atoms with Crippen LogP contribution in [-0.4, -0.2) is 5.97 Å². The Morgan fingerprint density at radius 2 is 1.41 bits per heavy atom. The minimum Gasteiger partial charge on any atom is -0.489 e. The summed E-state index contributed by atoms with van der Waals surface area (Å²) >= 11 is 0. The lowest BCUT2D eigenvalue weighted by atomic mass is 10.1. The maximum absolute atomic E-state index is 12.4. The molecule has 0 amide bonds. The van der Waals surface area contributed by atoms with Gasteiger partial charge in [0.05, 0.1) is 5.56 Å². The van der Waals surface area contributed by atoms with E-state index in [0.717, 1.165) is 27.6 Å². The lowest BCUT2D eigenvalue weighted by Crippen LogP contribution is -2.05. The molecule has 4 aromatic rings. The Morgan fingerprint density at radius 1 is 0.724 bits per heavy atom. The Hall–Kier alpha value is -3.59. The number of hydrogen-bond donors (Lipinski definition) is 0. The molecule has 0 saturated heterocycles. The van der Waals surface area contributed by atoms with Gasteiger partial charge in [-0.2, -0.15) is 0 Å². The molecule has 0 fully saturated rings. The first-order chi connectivity index (χ1) is 14.2. The van der Waals surface area contributed by atoms with E-state index in [-0.39, 0.29) is 12.6 Å². The smallest absolute Gasteiger partial charge is 0.338 e. The molecule has 3 heteroatoms. The second-order valence-electron chi connectivity index (χ2n) is 7.06. The van der Waals surface area contributed by atoms with Crippen LogP contribution in [0.1, 0.15) is 27.0 Å². The fraction of sp³-hybridized carbons (Fsp3) is 0.115. The average Bonchev–Trinajstić information content (AvgIpc) is 2.77. The molecule has 0 bridgehead atoms. The van der Waals surface area contributed by atoms with Crippen molar-refractivity contribution in [2.24, 2.45) is 0 Å². The number of esters is 1. The zero-order chi connectivity index (χ0) is 20.1. The maximum Gasteiger partial charge on any atom is 0.338 e. The zero-order valence-corrected chi connectivity index (χ0v) is 16.3. The summed E-state index contributed by atoms with van der Waals surface area (Å²) in [5, 5.41) is 1.99. The lowest BCUT2D eigenvalue weighted by Gasteiger charge is -2.09. The highest BCUT2D eigenvalue weighted by molar-refractivity contribution is 5.95. The number of benzene rings is 4.